The van der Waals surface area contributed by atoms with Crippen molar-refractivity contribution in [3.05, 3.63) is 40.6 Å². The second-order valence-corrected chi connectivity index (χ2v) is 4.11. The molecule has 18 heavy (non-hydrogen) atoms. The van der Waals surface area contributed by atoms with E-state index in [0.29, 0.717) is 29.0 Å². The first-order valence-corrected chi connectivity index (χ1v) is 5.74. The molecule has 0 saturated heterocycles. The molecule has 0 amide bonds. The molecule has 1 aliphatic rings. The maximum absolute atomic E-state index is 12.5. The zero-order valence-electron chi connectivity index (χ0n) is 9.97. The van der Waals surface area contributed by atoms with Gasteiger partial charge in [0.1, 0.15) is 0 Å². The number of ether oxygens (including phenoxy) is 2. The second-order valence-electron chi connectivity index (χ2n) is 4.11. The van der Waals surface area contributed by atoms with Crippen LogP contribution in [-0.4, -0.2) is 26.6 Å². The van der Waals surface area contributed by atoms with Crippen LogP contribution in [0.25, 0.3) is 10.8 Å². The molecule has 0 saturated carbocycles. The Morgan fingerprint density at radius 2 is 2.11 bits per heavy atom. The van der Waals surface area contributed by atoms with Crippen LogP contribution >= 0.6 is 0 Å². The van der Waals surface area contributed by atoms with E-state index in [1.165, 1.54) is 0 Å². The molecule has 0 aliphatic carbocycles. The van der Waals surface area contributed by atoms with E-state index in [1.54, 1.807) is 13.2 Å². The molecular weight excluding hydrogens is 227 g/mol. The average molecular weight is 238 g/mol. The van der Waals surface area contributed by atoms with Crippen molar-refractivity contribution in [2.75, 3.05) is 13.7 Å². The van der Waals surface area contributed by atoms with Crippen molar-refractivity contribution in [3.63, 3.8) is 0 Å². The SMILES string of the molecule is COc1ccc2ccc3c(c(=O)c2c1)B=CCO3. The summed E-state index contributed by atoms with van der Waals surface area (Å²) in [5.74, 6) is 3.16. The minimum atomic E-state index is -0.0279. The summed E-state index contributed by atoms with van der Waals surface area (Å²) in [5.41, 5.74) is 0.573. The quantitative estimate of drug-likeness (QED) is 0.687. The molecule has 0 spiro atoms. The summed E-state index contributed by atoms with van der Waals surface area (Å²) in [7, 11) is 1.59. The van der Waals surface area contributed by atoms with Crippen LogP contribution in [0.3, 0.4) is 0 Å². The Morgan fingerprint density at radius 1 is 1.28 bits per heavy atom. The summed E-state index contributed by atoms with van der Waals surface area (Å²) in [5, 5.41) is 1.53. The third-order valence-electron chi connectivity index (χ3n) is 3.05. The van der Waals surface area contributed by atoms with E-state index in [2.05, 4.69) is 0 Å². The van der Waals surface area contributed by atoms with Crippen molar-refractivity contribution in [1.29, 1.82) is 0 Å². The average Bonchev–Trinajstić information content (AvgIpc) is 2.57. The molecule has 0 bridgehead atoms. The molecule has 88 valence electrons. The van der Waals surface area contributed by atoms with E-state index >= 15 is 0 Å². The van der Waals surface area contributed by atoms with Gasteiger partial charge in [-0.25, -0.2) is 0 Å². The molecule has 0 radical (unpaired) electrons. The molecule has 1 aliphatic heterocycles. The third kappa shape index (κ3) is 1.70. The number of rotatable bonds is 1. The fourth-order valence-electron chi connectivity index (χ4n) is 2.10. The molecule has 0 atom stereocenters. The van der Waals surface area contributed by atoms with Crippen LogP contribution < -0.4 is 20.4 Å². The van der Waals surface area contributed by atoms with Gasteiger partial charge in [-0.3, -0.25) is 0 Å². The molecule has 3 rings (SSSR count). The Hall–Kier alpha value is -2.10. The van der Waals surface area contributed by atoms with Crippen molar-refractivity contribution in [3.8, 4) is 11.5 Å². The van der Waals surface area contributed by atoms with E-state index in [4.69, 9.17) is 9.47 Å². The van der Waals surface area contributed by atoms with E-state index in [9.17, 15) is 4.79 Å². The molecule has 4 heteroatoms. The number of fused-ring (bicyclic) bond motifs is 2. The van der Waals surface area contributed by atoms with Crippen molar-refractivity contribution >= 4 is 29.1 Å². The third-order valence-corrected chi connectivity index (χ3v) is 3.05. The van der Waals surface area contributed by atoms with Crippen LogP contribution in [0.15, 0.2) is 35.1 Å². The summed E-state index contributed by atoms with van der Waals surface area (Å²) in [6.07, 6.45) is 0. The molecule has 1 heterocycles. The van der Waals surface area contributed by atoms with Gasteiger partial charge in [0.25, 0.3) is 0 Å². The fourth-order valence-corrected chi connectivity index (χ4v) is 2.10. The van der Waals surface area contributed by atoms with Crippen molar-refractivity contribution in [1.82, 2.24) is 0 Å². The Balaban J connectivity index is 2.43. The molecule has 0 unspecified atom stereocenters. The van der Waals surface area contributed by atoms with Gasteiger partial charge in [0.15, 0.2) is 0 Å². The number of hydrogen-bond acceptors (Lipinski definition) is 3. The van der Waals surface area contributed by atoms with Crippen molar-refractivity contribution in [2.24, 2.45) is 0 Å². The van der Waals surface area contributed by atoms with Gasteiger partial charge in [0.05, 0.1) is 0 Å². The molecular formula is C14H11BO3. The molecule has 0 aromatic heterocycles. The molecule has 0 fully saturated rings. The predicted molar refractivity (Wildman–Crippen MR) is 73.7 cm³/mol. The van der Waals surface area contributed by atoms with Crippen LogP contribution in [0.5, 0.6) is 11.5 Å². The Morgan fingerprint density at radius 3 is 2.94 bits per heavy atom. The van der Waals surface area contributed by atoms with Gasteiger partial charge in [-0.15, -0.1) is 0 Å². The van der Waals surface area contributed by atoms with E-state index < -0.39 is 0 Å². The Bertz CT molecular complexity index is 707. The van der Waals surface area contributed by atoms with Crippen LogP contribution in [0.1, 0.15) is 0 Å². The van der Waals surface area contributed by atoms with Crippen LogP contribution in [-0.2, 0) is 0 Å². The standard InChI is InChI=1S/C14H11BO3/c1-17-10-4-2-9-3-5-12-13(15-6-7-18-12)14(16)11(9)8-10/h2-6,8H,7H2,1H3. The van der Waals surface area contributed by atoms with Gasteiger partial charge in [0, 0.05) is 0 Å². The molecule has 3 nitrogen and oxygen atoms in total. The summed E-state index contributed by atoms with van der Waals surface area (Å²) >= 11 is 0. The first kappa shape index (κ1) is 11.0. The Kier molecular flexibility index (Phi) is 2.63. The van der Waals surface area contributed by atoms with Gasteiger partial charge in [-0.05, 0) is 0 Å². The zero-order chi connectivity index (χ0) is 12.5. The molecule has 2 aromatic carbocycles. The topological polar surface area (TPSA) is 35.5 Å². The number of benzene rings is 1. The van der Waals surface area contributed by atoms with Gasteiger partial charge in [-0.1, -0.05) is 0 Å². The summed E-state index contributed by atoms with van der Waals surface area (Å²) in [4.78, 5) is 12.5. The first-order valence-electron chi connectivity index (χ1n) is 5.74. The number of hydrogen-bond donors (Lipinski definition) is 0. The van der Waals surface area contributed by atoms with Crippen molar-refractivity contribution in [2.45, 2.75) is 0 Å². The first-order chi connectivity index (χ1) is 8.79. The van der Waals surface area contributed by atoms with Crippen LogP contribution in [0, 0.1) is 0 Å². The normalized spacial score (nSPS) is 12.5. The van der Waals surface area contributed by atoms with Crippen LogP contribution in [0.2, 0.25) is 0 Å². The summed E-state index contributed by atoms with van der Waals surface area (Å²) < 4.78 is 10.6. The van der Waals surface area contributed by atoms with E-state index in [0.717, 1.165) is 5.39 Å². The molecule has 2 aromatic rings. The monoisotopic (exact) mass is 238 g/mol. The summed E-state index contributed by atoms with van der Waals surface area (Å²) in [6.45, 7) is 2.33. The fraction of sp³-hybridized carbons (Fsp3) is 0.143. The van der Waals surface area contributed by atoms with Crippen molar-refractivity contribution < 1.29 is 9.47 Å². The van der Waals surface area contributed by atoms with Gasteiger partial charge < -0.3 is 0 Å². The van der Waals surface area contributed by atoms with Gasteiger partial charge in [0.2, 0.25) is 0 Å². The van der Waals surface area contributed by atoms with E-state index in [-0.39, 0.29) is 5.43 Å². The second kappa shape index (κ2) is 4.29. The van der Waals surface area contributed by atoms with Gasteiger partial charge >= 0.3 is 104 Å². The molecule has 0 N–H and O–H groups in total. The van der Waals surface area contributed by atoms with Crippen LogP contribution in [0.4, 0.5) is 0 Å². The predicted octanol–water partition coefficient (Wildman–Crippen LogP) is 0.733. The van der Waals surface area contributed by atoms with Gasteiger partial charge in [-0.2, -0.15) is 0 Å². The summed E-state index contributed by atoms with van der Waals surface area (Å²) in [6, 6.07) is 9.23. The maximum atomic E-state index is 12.5. The zero-order valence-corrected chi connectivity index (χ0v) is 9.97. The Labute approximate surface area is 105 Å². The van der Waals surface area contributed by atoms with E-state index in [1.807, 2.05) is 37.2 Å². The number of methoxy groups -OCH3 is 1. The minimum absolute atomic E-state index is 0.0279.